The number of nitrogens with one attached hydrogen (secondary N) is 1. The number of nitrogens with zero attached hydrogens (tertiary/aromatic N) is 3. The predicted octanol–water partition coefficient (Wildman–Crippen LogP) is 1.07. The molecule has 80 valence electrons. The summed E-state index contributed by atoms with van der Waals surface area (Å²) >= 11 is 0. The van der Waals surface area contributed by atoms with Gasteiger partial charge < -0.3 is 5.32 Å². The fourth-order valence-corrected chi connectivity index (χ4v) is 1.88. The molecule has 0 fully saturated rings. The number of hydrogen-bond acceptors (Lipinski definition) is 3. The highest BCUT2D eigenvalue weighted by atomic mass is 16.1. The number of para-hydroxylation sites is 2. The maximum Gasteiger partial charge on any atom is 0.230 e. The van der Waals surface area contributed by atoms with E-state index in [4.69, 9.17) is 0 Å². The molecule has 1 aromatic heterocycles. The molecule has 2 aromatic rings. The van der Waals surface area contributed by atoms with Crippen LogP contribution in [0.25, 0.3) is 5.69 Å². The number of amides is 1. The van der Waals surface area contributed by atoms with Crippen molar-refractivity contribution in [2.45, 2.75) is 13.3 Å². The molecule has 0 saturated heterocycles. The van der Waals surface area contributed by atoms with Crippen molar-refractivity contribution in [2.75, 3.05) is 5.32 Å². The number of aryl methyl sites for hydroxylation is 1. The van der Waals surface area contributed by atoms with Crippen LogP contribution in [0.15, 0.2) is 24.3 Å². The second-order valence-corrected chi connectivity index (χ2v) is 3.78. The minimum atomic E-state index is -0.0309. The van der Waals surface area contributed by atoms with E-state index in [1.165, 1.54) is 0 Å². The molecular weight excluding hydrogens is 204 g/mol. The minimum absolute atomic E-state index is 0.0309. The molecule has 1 N–H and O–H groups in total. The summed E-state index contributed by atoms with van der Waals surface area (Å²) in [5.74, 6) is -0.0309. The van der Waals surface area contributed by atoms with Gasteiger partial charge in [-0.3, -0.25) is 4.79 Å². The third-order valence-electron chi connectivity index (χ3n) is 2.69. The van der Waals surface area contributed by atoms with E-state index in [2.05, 4.69) is 15.6 Å². The second kappa shape index (κ2) is 3.16. The Balaban J connectivity index is 2.31. The van der Waals surface area contributed by atoms with Gasteiger partial charge in [0.05, 0.1) is 29.2 Å². The average Bonchev–Trinajstić information content (AvgIpc) is 2.56. The molecule has 1 aliphatic heterocycles. The van der Waals surface area contributed by atoms with Crippen molar-refractivity contribution < 1.29 is 4.79 Å². The Hall–Kier alpha value is -2.17. The van der Waals surface area contributed by atoms with E-state index >= 15 is 0 Å². The lowest BCUT2D eigenvalue weighted by molar-refractivity contribution is -0.115. The molecule has 0 spiro atoms. The van der Waals surface area contributed by atoms with Crippen molar-refractivity contribution in [3.8, 4) is 5.69 Å². The number of aromatic nitrogens is 3. The molecule has 0 aliphatic carbocycles. The summed E-state index contributed by atoms with van der Waals surface area (Å²) < 4.78 is 1.72. The zero-order valence-corrected chi connectivity index (χ0v) is 8.77. The number of hydrogen-bond donors (Lipinski definition) is 1. The SMILES string of the molecule is Cc1nnn2c1CC(=O)Nc1ccccc1-2. The Kier molecular flexibility index (Phi) is 1.80. The van der Waals surface area contributed by atoms with E-state index in [1.807, 2.05) is 31.2 Å². The van der Waals surface area contributed by atoms with Gasteiger partial charge in [-0.1, -0.05) is 17.3 Å². The number of fused-ring (bicyclic) bond motifs is 3. The van der Waals surface area contributed by atoms with Gasteiger partial charge in [-0.15, -0.1) is 5.10 Å². The first kappa shape index (κ1) is 9.08. The predicted molar refractivity (Wildman–Crippen MR) is 58.4 cm³/mol. The van der Waals surface area contributed by atoms with Crippen LogP contribution in [0.4, 0.5) is 5.69 Å². The van der Waals surface area contributed by atoms with Crippen LogP contribution >= 0.6 is 0 Å². The fraction of sp³-hybridized carbons (Fsp3) is 0.182. The number of benzene rings is 1. The zero-order valence-electron chi connectivity index (χ0n) is 8.77. The lowest BCUT2D eigenvalue weighted by atomic mass is 10.2. The van der Waals surface area contributed by atoms with Crippen molar-refractivity contribution in [2.24, 2.45) is 0 Å². The molecule has 1 aliphatic rings. The molecule has 0 bridgehead atoms. The summed E-state index contributed by atoms with van der Waals surface area (Å²) in [6.07, 6.45) is 0.313. The van der Waals surface area contributed by atoms with Crippen LogP contribution in [0.1, 0.15) is 11.4 Å². The molecule has 3 rings (SSSR count). The molecule has 16 heavy (non-hydrogen) atoms. The number of carbonyl (C=O) groups excluding carboxylic acids is 1. The summed E-state index contributed by atoms with van der Waals surface area (Å²) in [7, 11) is 0. The summed E-state index contributed by atoms with van der Waals surface area (Å²) in [5.41, 5.74) is 3.29. The van der Waals surface area contributed by atoms with Crippen LogP contribution in [-0.2, 0) is 11.2 Å². The highest BCUT2D eigenvalue weighted by Crippen LogP contribution is 2.24. The molecular formula is C11H10N4O. The third kappa shape index (κ3) is 1.21. The molecule has 1 aromatic carbocycles. The highest BCUT2D eigenvalue weighted by Gasteiger charge is 2.21. The van der Waals surface area contributed by atoms with Gasteiger partial charge in [-0.05, 0) is 19.1 Å². The van der Waals surface area contributed by atoms with Crippen LogP contribution in [0.5, 0.6) is 0 Å². The quantitative estimate of drug-likeness (QED) is 0.713. The molecule has 0 saturated carbocycles. The topological polar surface area (TPSA) is 59.8 Å². The van der Waals surface area contributed by atoms with Gasteiger partial charge >= 0.3 is 0 Å². The lowest BCUT2D eigenvalue weighted by Gasteiger charge is -2.05. The van der Waals surface area contributed by atoms with Crippen LogP contribution in [0.3, 0.4) is 0 Å². The van der Waals surface area contributed by atoms with Crippen LogP contribution in [-0.4, -0.2) is 20.9 Å². The summed E-state index contributed by atoms with van der Waals surface area (Å²) in [4.78, 5) is 11.7. The Labute approximate surface area is 92.1 Å². The van der Waals surface area contributed by atoms with E-state index < -0.39 is 0 Å². The van der Waals surface area contributed by atoms with Crippen LogP contribution < -0.4 is 5.32 Å². The normalized spacial score (nSPS) is 13.7. The van der Waals surface area contributed by atoms with Gasteiger partial charge in [-0.2, -0.15) is 0 Å². The monoisotopic (exact) mass is 214 g/mol. The van der Waals surface area contributed by atoms with Crippen molar-refractivity contribution in [1.29, 1.82) is 0 Å². The Morgan fingerprint density at radius 3 is 3.06 bits per heavy atom. The maximum atomic E-state index is 11.7. The van der Waals surface area contributed by atoms with E-state index in [0.29, 0.717) is 6.42 Å². The first-order valence-corrected chi connectivity index (χ1v) is 5.06. The van der Waals surface area contributed by atoms with Crippen molar-refractivity contribution in [3.63, 3.8) is 0 Å². The third-order valence-corrected chi connectivity index (χ3v) is 2.69. The van der Waals surface area contributed by atoms with Crippen molar-refractivity contribution in [3.05, 3.63) is 35.7 Å². The standard InChI is InChI=1S/C11H10N4O/c1-7-10-6-11(16)12-8-4-2-3-5-9(8)15(10)14-13-7/h2-5H,6H2,1H3,(H,12,16). The number of anilines is 1. The fourth-order valence-electron chi connectivity index (χ4n) is 1.88. The van der Waals surface area contributed by atoms with E-state index in [9.17, 15) is 4.79 Å². The Bertz CT molecular complexity index is 573. The molecule has 5 nitrogen and oxygen atoms in total. The smallest absolute Gasteiger partial charge is 0.230 e. The first-order chi connectivity index (χ1) is 7.75. The average molecular weight is 214 g/mol. The molecule has 0 unspecified atom stereocenters. The van der Waals surface area contributed by atoms with Gasteiger partial charge in [0.15, 0.2) is 0 Å². The largest absolute Gasteiger partial charge is 0.324 e. The van der Waals surface area contributed by atoms with Gasteiger partial charge in [0.1, 0.15) is 0 Å². The number of carbonyl (C=O) groups is 1. The van der Waals surface area contributed by atoms with E-state index in [-0.39, 0.29) is 5.91 Å². The summed E-state index contributed by atoms with van der Waals surface area (Å²) in [5, 5.41) is 10.9. The molecule has 1 amide bonds. The molecule has 2 heterocycles. The van der Waals surface area contributed by atoms with Gasteiger partial charge in [0.25, 0.3) is 0 Å². The van der Waals surface area contributed by atoms with Gasteiger partial charge in [0, 0.05) is 0 Å². The summed E-state index contributed by atoms with van der Waals surface area (Å²) in [6, 6.07) is 7.57. The summed E-state index contributed by atoms with van der Waals surface area (Å²) in [6.45, 7) is 1.86. The minimum Gasteiger partial charge on any atom is -0.324 e. The molecule has 0 atom stereocenters. The zero-order chi connectivity index (χ0) is 11.1. The Morgan fingerprint density at radius 1 is 1.38 bits per heavy atom. The van der Waals surface area contributed by atoms with Crippen LogP contribution in [0.2, 0.25) is 0 Å². The van der Waals surface area contributed by atoms with E-state index in [1.54, 1.807) is 4.68 Å². The highest BCUT2D eigenvalue weighted by molar-refractivity contribution is 5.95. The molecule has 0 radical (unpaired) electrons. The molecule has 5 heteroatoms. The van der Waals surface area contributed by atoms with Gasteiger partial charge in [0.2, 0.25) is 5.91 Å². The number of rotatable bonds is 0. The maximum absolute atomic E-state index is 11.7. The second-order valence-electron chi connectivity index (χ2n) is 3.78. The van der Waals surface area contributed by atoms with E-state index in [0.717, 1.165) is 22.8 Å². The first-order valence-electron chi connectivity index (χ1n) is 5.06. The van der Waals surface area contributed by atoms with Gasteiger partial charge in [-0.25, -0.2) is 4.68 Å². The van der Waals surface area contributed by atoms with Crippen molar-refractivity contribution in [1.82, 2.24) is 15.0 Å². The Morgan fingerprint density at radius 2 is 2.19 bits per heavy atom. The van der Waals surface area contributed by atoms with Crippen LogP contribution in [0, 0.1) is 6.92 Å². The lowest BCUT2D eigenvalue weighted by Crippen LogP contribution is -2.13. The van der Waals surface area contributed by atoms with Crippen molar-refractivity contribution >= 4 is 11.6 Å².